The Morgan fingerprint density at radius 1 is 1.41 bits per heavy atom. The normalized spacial score (nSPS) is 29.8. The van der Waals surface area contributed by atoms with Crippen LogP contribution in [0.3, 0.4) is 0 Å². The van der Waals surface area contributed by atoms with Crippen molar-refractivity contribution in [2.75, 3.05) is 6.54 Å². The molecule has 4 nitrogen and oxygen atoms in total. The Morgan fingerprint density at radius 3 is 2.35 bits per heavy atom. The smallest absolute Gasteiger partial charge is 0.435 e. The van der Waals surface area contributed by atoms with Gasteiger partial charge in [0, 0.05) is 25.0 Å². The monoisotopic (exact) mass is 252 g/mol. The predicted octanol–water partition coefficient (Wildman–Crippen LogP) is 2.31. The number of alkyl halides is 3. The van der Waals surface area contributed by atoms with Crippen LogP contribution in [0.4, 0.5) is 18.0 Å². The summed E-state index contributed by atoms with van der Waals surface area (Å²) < 4.78 is 34.9. The Hall–Kier alpha value is -1.37. The maximum atomic E-state index is 11.9. The number of quaternary nitrogens is 1. The van der Waals surface area contributed by atoms with Gasteiger partial charge in [0.2, 0.25) is 0 Å². The van der Waals surface area contributed by atoms with Crippen molar-refractivity contribution in [2.45, 2.75) is 32.0 Å². The van der Waals surface area contributed by atoms with E-state index >= 15 is 0 Å². The molecule has 1 rings (SSSR count). The molecule has 0 aliphatic carbocycles. The highest BCUT2D eigenvalue weighted by atomic mass is 19.4. The van der Waals surface area contributed by atoms with Crippen molar-refractivity contribution in [1.29, 1.82) is 0 Å². The summed E-state index contributed by atoms with van der Waals surface area (Å²) in [5.74, 6) is -1.03. The zero-order valence-corrected chi connectivity index (χ0v) is 9.20. The Labute approximate surface area is 95.9 Å². The average molecular weight is 252 g/mol. The summed E-state index contributed by atoms with van der Waals surface area (Å²) in [5.41, 5.74) is 0. The molecule has 0 saturated carbocycles. The highest BCUT2D eigenvalue weighted by molar-refractivity contribution is 5.89. The summed E-state index contributed by atoms with van der Waals surface area (Å²) in [6, 6.07) is -0.502. The molecule has 2 amide bonds. The van der Waals surface area contributed by atoms with Crippen LogP contribution in [0.2, 0.25) is 0 Å². The summed E-state index contributed by atoms with van der Waals surface area (Å²) in [4.78, 5) is 22.8. The van der Waals surface area contributed by atoms with Gasteiger partial charge in [-0.15, -0.1) is 0 Å². The van der Waals surface area contributed by atoms with E-state index in [4.69, 9.17) is 5.11 Å². The largest absolute Gasteiger partial charge is 0.521 e. The van der Waals surface area contributed by atoms with Crippen molar-refractivity contribution < 1.29 is 32.3 Å². The first-order chi connectivity index (χ1) is 7.70. The minimum absolute atomic E-state index is 0.0392. The topological polar surface area (TPSA) is 54.4 Å². The van der Waals surface area contributed by atoms with Gasteiger partial charge >= 0.3 is 18.2 Å². The number of carboxylic acid groups (broad SMARTS) is 1. The molecule has 0 spiro atoms. The second-order valence-electron chi connectivity index (χ2n) is 4.08. The SMILES string of the molecule is C[C@@H]1CCC[N+]1(C(=O)O)C(=O)C=CC(F)(F)F. The number of hydrogen-bond acceptors (Lipinski definition) is 2. The molecule has 1 N–H and O–H groups in total. The van der Waals surface area contributed by atoms with E-state index in [0.29, 0.717) is 18.9 Å². The fourth-order valence-electron chi connectivity index (χ4n) is 2.08. The van der Waals surface area contributed by atoms with Crippen LogP contribution < -0.4 is 0 Å². The second kappa shape index (κ2) is 4.48. The first-order valence-electron chi connectivity index (χ1n) is 5.12. The second-order valence-corrected chi connectivity index (χ2v) is 4.08. The standard InChI is InChI=1S/C10H12F3NO3/c1-7-3-2-6-14(7,9(16)17)8(15)4-5-10(11,12)13/h4-5,7H,2-3,6H2,1H3/p+1/t7-,14?/m1/s1. The van der Waals surface area contributed by atoms with Crippen molar-refractivity contribution in [3.63, 3.8) is 0 Å². The average Bonchev–Trinajstić information content (AvgIpc) is 2.56. The lowest BCUT2D eigenvalue weighted by molar-refractivity contribution is -0.789. The van der Waals surface area contributed by atoms with Crippen molar-refractivity contribution in [3.8, 4) is 0 Å². The minimum atomic E-state index is -4.61. The van der Waals surface area contributed by atoms with E-state index in [9.17, 15) is 22.8 Å². The molecule has 1 heterocycles. The van der Waals surface area contributed by atoms with E-state index in [1.165, 1.54) is 0 Å². The maximum absolute atomic E-state index is 11.9. The van der Waals surface area contributed by atoms with Crippen molar-refractivity contribution in [2.24, 2.45) is 0 Å². The number of rotatable bonds is 1. The molecular weight excluding hydrogens is 239 g/mol. The van der Waals surface area contributed by atoms with Gasteiger partial charge in [0.05, 0.1) is 6.54 Å². The number of carbonyl (C=O) groups is 2. The quantitative estimate of drug-likeness (QED) is 0.575. The Morgan fingerprint density at radius 2 is 2.00 bits per heavy atom. The van der Waals surface area contributed by atoms with Crippen molar-refractivity contribution >= 4 is 12.0 Å². The Bertz CT molecular complexity index is 364. The van der Waals surface area contributed by atoms with Crippen LogP contribution in [0.1, 0.15) is 19.8 Å². The van der Waals surface area contributed by atoms with Gasteiger partial charge in [-0.1, -0.05) is 0 Å². The number of likely N-dealkylation sites (tertiary alicyclic amines) is 1. The predicted molar refractivity (Wildman–Crippen MR) is 52.1 cm³/mol. The van der Waals surface area contributed by atoms with Crippen molar-refractivity contribution in [1.82, 2.24) is 0 Å². The Balaban J connectivity index is 2.98. The van der Waals surface area contributed by atoms with E-state index in [0.717, 1.165) is 0 Å². The van der Waals surface area contributed by atoms with Crippen LogP contribution in [0, 0.1) is 0 Å². The Kier molecular flexibility index (Phi) is 3.61. The number of allylic oxidation sites excluding steroid dienone is 1. The lowest BCUT2D eigenvalue weighted by atomic mass is 10.2. The molecule has 1 saturated heterocycles. The zero-order valence-electron chi connectivity index (χ0n) is 9.20. The molecule has 0 aromatic rings. The highest BCUT2D eigenvalue weighted by Gasteiger charge is 2.52. The molecule has 1 aliphatic heterocycles. The number of nitrogens with zero attached hydrogens (tertiary/aromatic N) is 1. The van der Waals surface area contributed by atoms with E-state index in [-0.39, 0.29) is 12.6 Å². The molecule has 17 heavy (non-hydrogen) atoms. The summed E-state index contributed by atoms with van der Waals surface area (Å²) in [6.45, 7) is 1.60. The first-order valence-corrected chi connectivity index (χ1v) is 5.12. The third kappa shape index (κ3) is 2.66. The molecular formula is C10H13F3NO3+. The molecule has 0 aromatic heterocycles. The maximum Gasteiger partial charge on any atom is 0.521 e. The number of imide groups is 1. The summed E-state index contributed by atoms with van der Waals surface area (Å²) >= 11 is 0. The third-order valence-corrected chi connectivity index (χ3v) is 3.03. The van der Waals surface area contributed by atoms with Gasteiger partial charge in [-0.05, 0) is 6.92 Å². The summed E-state index contributed by atoms with van der Waals surface area (Å²) in [5, 5.41) is 9.07. The lowest BCUT2D eigenvalue weighted by Crippen LogP contribution is -2.57. The number of hydrogen-bond donors (Lipinski definition) is 1. The van der Waals surface area contributed by atoms with Crippen LogP contribution in [0.5, 0.6) is 0 Å². The van der Waals surface area contributed by atoms with Gasteiger partial charge in [-0.2, -0.15) is 22.4 Å². The first kappa shape index (κ1) is 13.7. The molecule has 2 atom stereocenters. The van der Waals surface area contributed by atoms with E-state index in [2.05, 4.69) is 0 Å². The van der Waals surface area contributed by atoms with Gasteiger partial charge < -0.3 is 5.11 Å². The van der Waals surface area contributed by atoms with Crippen LogP contribution in [0.25, 0.3) is 0 Å². The van der Waals surface area contributed by atoms with Crippen LogP contribution in [-0.2, 0) is 4.79 Å². The number of halogens is 3. The van der Waals surface area contributed by atoms with E-state index in [1.807, 2.05) is 0 Å². The lowest BCUT2D eigenvalue weighted by Gasteiger charge is -2.28. The molecule has 96 valence electrons. The molecule has 0 aromatic carbocycles. The van der Waals surface area contributed by atoms with E-state index in [1.54, 1.807) is 6.92 Å². The molecule has 0 bridgehead atoms. The fourth-order valence-corrected chi connectivity index (χ4v) is 2.08. The number of carbonyl (C=O) groups excluding carboxylic acids is 1. The van der Waals surface area contributed by atoms with Gasteiger partial charge in [-0.25, -0.2) is 4.79 Å². The third-order valence-electron chi connectivity index (χ3n) is 3.03. The van der Waals surface area contributed by atoms with E-state index < -0.39 is 28.7 Å². The van der Waals surface area contributed by atoms with Crippen LogP contribution in [-0.4, -0.2) is 40.4 Å². The van der Waals surface area contributed by atoms with Crippen LogP contribution in [0.15, 0.2) is 12.2 Å². The molecule has 1 unspecified atom stereocenters. The molecule has 0 radical (unpaired) electrons. The van der Waals surface area contributed by atoms with Gasteiger partial charge in [0.15, 0.2) is 0 Å². The molecule has 1 aliphatic rings. The van der Waals surface area contributed by atoms with Gasteiger partial charge in [0.25, 0.3) is 0 Å². The fraction of sp³-hybridized carbons (Fsp3) is 0.600. The molecule has 7 heteroatoms. The highest BCUT2D eigenvalue weighted by Crippen LogP contribution is 2.28. The van der Waals surface area contributed by atoms with Crippen LogP contribution >= 0.6 is 0 Å². The summed E-state index contributed by atoms with van der Waals surface area (Å²) in [6.07, 6.45) is -4.89. The molecule has 1 fully saturated rings. The zero-order chi connectivity index (χ0) is 13.3. The minimum Gasteiger partial charge on any atom is -0.435 e. The van der Waals surface area contributed by atoms with Gasteiger partial charge in [-0.3, -0.25) is 0 Å². The summed E-state index contributed by atoms with van der Waals surface area (Å²) in [7, 11) is 0. The van der Waals surface area contributed by atoms with Gasteiger partial charge in [0.1, 0.15) is 6.04 Å². The number of amides is 2. The van der Waals surface area contributed by atoms with Crippen molar-refractivity contribution in [3.05, 3.63) is 12.2 Å².